The first-order chi connectivity index (χ1) is 12.0. The molecule has 0 unspecified atom stereocenters. The zero-order valence-corrected chi connectivity index (χ0v) is 15.2. The predicted octanol–water partition coefficient (Wildman–Crippen LogP) is 3.77. The van der Waals surface area contributed by atoms with Gasteiger partial charge in [-0.25, -0.2) is 0 Å². The fourth-order valence-electron chi connectivity index (χ4n) is 2.10. The summed E-state index contributed by atoms with van der Waals surface area (Å²) in [7, 11) is 4.58. The lowest BCUT2D eigenvalue weighted by atomic mass is 10.2. The molecular formula is C18H20ClNO5. The van der Waals surface area contributed by atoms with Crippen LogP contribution in [-0.2, 0) is 4.79 Å². The fourth-order valence-corrected chi connectivity index (χ4v) is 2.34. The van der Waals surface area contributed by atoms with Gasteiger partial charge in [0.2, 0.25) is 0 Å². The van der Waals surface area contributed by atoms with Crippen molar-refractivity contribution < 1.29 is 23.7 Å². The Labute approximate surface area is 151 Å². The summed E-state index contributed by atoms with van der Waals surface area (Å²) in [6.07, 6.45) is -0.723. The summed E-state index contributed by atoms with van der Waals surface area (Å²) in [4.78, 5) is 12.4. The fraction of sp³-hybridized carbons (Fsp3) is 0.278. The van der Waals surface area contributed by atoms with Crippen LogP contribution >= 0.6 is 11.6 Å². The lowest BCUT2D eigenvalue weighted by Gasteiger charge is -2.17. The average Bonchev–Trinajstić information content (AvgIpc) is 2.62. The number of ether oxygens (including phenoxy) is 4. The first-order valence-corrected chi connectivity index (χ1v) is 7.89. The molecule has 134 valence electrons. The van der Waals surface area contributed by atoms with Crippen molar-refractivity contribution in [2.45, 2.75) is 13.0 Å². The van der Waals surface area contributed by atoms with E-state index in [2.05, 4.69) is 5.32 Å². The van der Waals surface area contributed by atoms with Gasteiger partial charge in [0, 0.05) is 6.07 Å². The third-order valence-electron chi connectivity index (χ3n) is 3.47. The van der Waals surface area contributed by atoms with Crippen molar-refractivity contribution in [3.05, 3.63) is 41.4 Å². The lowest BCUT2D eigenvalue weighted by molar-refractivity contribution is -0.122. The number of nitrogens with one attached hydrogen (secondary N) is 1. The number of rotatable bonds is 7. The number of anilines is 1. The Morgan fingerprint density at radius 1 is 0.960 bits per heavy atom. The quantitative estimate of drug-likeness (QED) is 0.809. The summed E-state index contributed by atoms with van der Waals surface area (Å²) in [5, 5.41) is 3.11. The summed E-state index contributed by atoms with van der Waals surface area (Å²) in [5.41, 5.74) is 0.434. The van der Waals surface area contributed by atoms with Crippen LogP contribution < -0.4 is 24.3 Å². The molecule has 0 bridgehead atoms. The van der Waals surface area contributed by atoms with Crippen LogP contribution in [0, 0.1) is 0 Å². The normalized spacial score (nSPS) is 11.4. The number of carbonyl (C=O) groups is 1. The molecule has 7 heteroatoms. The number of methoxy groups -OCH3 is 3. The summed E-state index contributed by atoms with van der Waals surface area (Å²) in [5.74, 6) is 1.82. The smallest absolute Gasteiger partial charge is 0.265 e. The van der Waals surface area contributed by atoms with Crippen LogP contribution in [-0.4, -0.2) is 33.3 Å². The van der Waals surface area contributed by atoms with Crippen LogP contribution in [0.25, 0.3) is 0 Å². The second kappa shape index (κ2) is 8.48. The molecule has 6 nitrogen and oxygen atoms in total. The summed E-state index contributed by atoms with van der Waals surface area (Å²) in [6.45, 7) is 1.65. The lowest BCUT2D eigenvalue weighted by Crippen LogP contribution is -2.30. The number of benzene rings is 2. The van der Waals surface area contributed by atoms with Crippen molar-refractivity contribution in [2.75, 3.05) is 26.6 Å². The van der Waals surface area contributed by atoms with Crippen molar-refractivity contribution in [1.29, 1.82) is 0 Å². The maximum atomic E-state index is 12.4. The molecule has 0 aliphatic carbocycles. The maximum Gasteiger partial charge on any atom is 0.265 e. The number of halogens is 1. The van der Waals surface area contributed by atoms with Crippen LogP contribution in [0.4, 0.5) is 5.69 Å². The monoisotopic (exact) mass is 365 g/mol. The minimum absolute atomic E-state index is 0.338. The number of hydrogen-bond donors (Lipinski definition) is 1. The van der Waals surface area contributed by atoms with Crippen molar-refractivity contribution in [3.8, 4) is 23.0 Å². The van der Waals surface area contributed by atoms with Gasteiger partial charge in [-0.2, -0.15) is 0 Å². The van der Waals surface area contributed by atoms with E-state index >= 15 is 0 Å². The van der Waals surface area contributed by atoms with Crippen molar-refractivity contribution in [2.24, 2.45) is 0 Å². The molecule has 25 heavy (non-hydrogen) atoms. The van der Waals surface area contributed by atoms with E-state index < -0.39 is 6.10 Å². The molecule has 0 aromatic heterocycles. The Bertz CT molecular complexity index is 733. The molecule has 0 radical (unpaired) electrons. The molecule has 0 aliphatic rings. The van der Waals surface area contributed by atoms with Gasteiger partial charge in [0.25, 0.3) is 5.91 Å². The molecule has 0 spiro atoms. The van der Waals surface area contributed by atoms with E-state index in [1.54, 1.807) is 50.4 Å². The summed E-state index contributed by atoms with van der Waals surface area (Å²) in [6, 6.07) is 10.1. The van der Waals surface area contributed by atoms with Gasteiger partial charge in [0.05, 0.1) is 32.0 Å². The standard InChI is InChI=1S/C18H20ClNO5/c1-11(25-13-7-5-12(22-2)6-8-13)18(21)20-15-9-14(19)16(23-3)10-17(15)24-4/h5-11H,1-4H3,(H,20,21)/t11-/m0/s1. The molecule has 0 fully saturated rings. The highest BCUT2D eigenvalue weighted by Crippen LogP contribution is 2.36. The molecule has 2 aromatic rings. The van der Waals surface area contributed by atoms with E-state index in [1.165, 1.54) is 14.2 Å². The Balaban J connectivity index is 2.08. The van der Waals surface area contributed by atoms with Gasteiger partial charge in [-0.1, -0.05) is 11.6 Å². The average molecular weight is 366 g/mol. The van der Waals surface area contributed by atoms with E-state index in [0.717, 1.165) is 0 Å². The van der Waals surface area contributed by atoms with Crippen molar-refractivity contribution in [3.63, 3.8) is 0 Å². The SMILES string of the molecule is COc1ccc(O[C@@H](C)C(=O)Nc2cc(Cl)c(OC)cc2OC)cc1. The molecule has 0 saturated heterocycles. The molecule has 1 N–H and O–H groups in total. The second-order valence-electron chi connectivity index (χ2n) is 5.11. The predicted molar refractivity (Wildman–Crippen MR) is 96.3 cm³/mol. The first-order valence-electron chi connectivity index (χ1n) is 7.51. The third-order valence-corrected chi connectivity index (χ3v) is 3.77. The molecule has 1 amide bonds. The van der Waals surface area contributed by atoms with Gasteiger partial charge in [-0.3, -0.25) is 4.79 Å². The highest BCUT2D eigenvalue weighted by molar-refractivity contribution is 6.32. The molecular weight excluding hydrogens is 346 g/mol. The zero-order chi connectivity index (χ0) is 18.4. The van der Waals surface area contributed by atoms with Gasteiger partial charge in [0.15, 0.2) is 6.10 Å². The van der Waals surface area contributed by atoms with Crippen LogP contribution in [0.2, 0.25) is 5.02 Å². The first kappa shape index (κ1) is 18.7. The maximum absolute atomic E-state index is 12.4. The van der Waals surface area contributed by atoms with Gasteiger partial charge in [0.1, 0.15) is 23.0 Å². The van der Waals surface area contributed by atoms with Crippen molar-refractivity contribution >= 4 is 23.2 Å². The number of hydrogen-bond acceptors (Lipinski definition) is 5. The minimum atomic E-state index is -0.723. The second-order valence-corrected chi connectivity index (χ2v) is 5.52. The van der Waals surface area contributed by atoms with Gasteiger partial charge in [-0.15, -0.1) is 0 Å². The Morgan fingerprint density at radius 2 is 1.56 bits per heavy atom. The van der Waals surface area contributed by atoms with Crippen LogP contribution in [0.1, 0.15) is 6.92 Å². The number of carbonyl (C=O) groups excluding carboxylic acids is 1. The van der Waals surface area contributed by atoms with Crippen LogP contribution in [0.15, 0.2) is 36.4 Å². The molecule has 0 heterocycles. The molecule has 2 aromatic carbocycles. The van der Waals surface area contributed by atoms with E-state index in [9.17, 15) is 4.79 Å². The number of amides is 1. The van der Waals surface area contributed by atoms with E-state index in [4.69, 9.17) is 30.5 Å². The van der Waals surface area contributed by atoms with Crippen LogP contribution in [0.3, 0.4) is 0 Å². The van der Waals surface area contributed by atoms with Crippen LogP contribution in [0.5, 0.6) is 23.0 Å². The van der Waals surface area contributed by atoms with Gasteiger partial charge < -0.3 is 24.3 Å². The Morgan fingerprint density at radius 3 is 2.12 bits per heavy atom. The third kappa shape index (κ3) is 4.70. The molecule has 2 rings (SSSR count). The topological polar surface area (TPSA) is 66.0 Å². The molecule has 1 atom stereocenters. The largest absolute Gasteiger partial charge is 0.497 e. The highest BCUT2D eigenvalue weighted by Gasteiger charge is 2.18. The van der Waals surface area contributed by atoms with E-state index in [-0.39, 0.29) is 5.91 Å². The van der Waals surface area contributed by atoms with E-state index in [1.807, 2.05) is 0 Å². The minimum Gasteiger partial charge on any atom is -0.497 e. The summed E-state index contributed by atoms with van der Waals surface area (Å²) < 4.78 is 21.1. The van der Waals surface area contributed by atoms with Crippen molar-refractivity contribution in [1.82, 2.24) is 0 Å². The van der Waals surface area contributed by atoms with Gasteiger partial charge in [-0.05, 0) is 37.3 Å². The summed E-state index contributed by atoms with van der Waals surface area (Å²) >= 11 is 6.10. The van der Waals surface area contributed by atoms with Gasteiger partial charge >= 0.3 is 0 Å². The molecule has 0 saturated carbocycles. The highest BCUT2D eigenvalue weighted by atomic mass is 35.5. The Hall–Kier alpha value is -2.60. The zero-order valence-electron chi connectivity index (χ0n) is 14.5. The molecule has 0 aliphatic heterocycles. The van der Waals surface area contributed by atoms with E-state index in [0.29, 0.717) is 33.7 Å². The Kier molecular flexibility index (Phi) is 6.36.